The maximum absolute atomic E-state index is 3.48. The summed E-state index contributed by atoms with van der Waals surface area (Å²) in [5, 5.41) is 0. The number of benzene rings is 1. The van der Waals surface area contributed by atoms with E-state index < -0.39 is 0 Å². The zero-order chi connectivity index (χ0) is 9.54. The summed E-state index contributed by atoms with van der Waals surface area (Å²) in [5.74, 6) is 0.976. The van der Waals surface area contributed by atoms with Crippen molar-refractivity contribution < 1.29 is 0 Å². The van der Waals surface area contributed by atoms with Crippen molar-refractivity contribution in [1.82, 2.24) is 0 Å². The van der Waals surface area contributed by atoms with Gasteiger partial charge in [0.05, 0.1) is 0 Å². The van der Waals surface area contributed by atoms with E-state index in [1.54, 1.807) is 11.1 Å². The fraction of sp³-hybridized carbons (Fsp3) is 0.385. The Morgan fingerprint density at radius 1 is 1.07 bits per heavy atom. The summed E-state index contributed by atoms with van der Waals surface area (Å²) in [4.78, 5) is 0. The standard InChI is InChI=1S/C13H13Br/c14-12-5-3-10(4-6-12)13-8-9-1-2-11(13)7-9/h3-6,9H,1-2,7-8H2. The van der Waals surface area contributed by atoms with Crippen LogP contribution in [0.2, 0.25) is 0 Å². The highest BCUT2D eigenvalue weighted by Crippen LogP contribution is 2.47. The first-order valence-electron chi connectivity index (χ1n) is 5.30. The SMILES string of the molecule is Brc1ccc(C2=C3CCC(C3)C2)cc1. The monoisotopic (exact) mass is 248 g/mol. The smallest absolute Gasteiger partial charge is 0.0175 e. The molecule has 0 spiro atoms. The van der Waals surface area contributed by atoms with Crippen LogP contribution in [0.15, 0.2) is 34.3 Å². The van der Waals surface area contributed by atoms with E-state index in [0.29, 0.717) is 0 Å². The minimum Gasteiger partial charge on any atom is -0.0661 e. The van der Waals surface area contributed by atoms with Crippen LogP contribution in [0.4, 0.5) is 0 Å². The van der Waals surface area contributed by atoms with Gasteiger partial charge >= 0.3 is 0 Å². The lowest BCUT2D eigenvalue weighted by Gasteiger charge is -2.12. The second kappa shape index (κ2) is 3.23. The lowest BCUT2D eigenvalue weighted by Crippen LogP contribution is -1.93. The molecule has 0 saturated heterocycles. The molecule has 2 bridgehead atoms. The minimum atomic E-state index is 0.976. The topological polar surface area (TPSA) is 0 Å². The van der Waals surface area contributed by atoms with Gasteiger partial charge < -0.3 is 0 Å². The Bertz CT molecular complexity index is 386. The average Bonchev–Trinajstić information content (AvgIpc) is 2.80. The van der Waals surface area contributed by atoms with Gasteiger partial charge in [-0.3, -0.25) is 0 Å². The molecule has 1 saturated carbocycles. The van der Waals surface area contributed by atoms with Gasteiger partial charge in [0.1, 0.15) is 0 Å². The van der Waals surface area contributed by atoms with Crippen LogP contribution in [0.25, 0.3) is 5.57 Å². The van der Waals surface area contributed by atoms with Crippen molar-refractivity contribution in [3.8, 4) is 0 Å². The largest absolute Gasteiger partial charge is 0.0661 e. The molecular weight excluding hydrogens is 236 g/mol. The molecule has 72 valence electrons. The van der Waals surface area contributed by atoms with Crippen molar-refractivity contribution in [2.45, 2.75) is 25.7 Å². The molecule has 1 aromatic carbocycles. The highest BCUT2D eigenvalue weighted by molar-refractivity contribution is 9.10. The van der Waals surface area contributed by atoms with Crippen LogP contribution in [-0.4, -0.2) is 0 Å². The van der Waals surface area contributed by atoms with E-state index in [9.17, 15) is 0 Å². The second-order valence-corrected chi connectivity index (χ2v) is 5.32. The Labute approximate surface area is 93.2 Å². The summed E-state index contributed by atoms with van der Waals surface area (Å²) in [6, 6.07) is 8.78. The third-order valence-corrected chi connectivity index (χ3v) is 4.03. The molecule has 3 rings (SSSR count). The summed E-state index contributed by atoms with van der Waals surface area (Å²) in [6.07, 6.45) is 5.51. The summed E-state index contributed by atoms with van der Waals surface area (Å²) in [6.45, 7) is 0. The fourth-order valence-electron chi connectivity index (χ4n) is 2.79. The number of rotatable bonds is 1. The first-order chi connectivity index (χ1) is 6.83. The molecule has 2 aliphatic rings. The van der Waals surface area contributed by atoms with Crippen molar-refractivity contribution in [1.29, 1.82) is 0 Å². The lowest BCUT2D eigenvalue weighted by atomic mass is 9.94. The van der Waals surface area contributed by atoms with Gasteiger partial charge in [-0.2, -0.15) is 0 Å². The maximum Gasteiger partial charge on any atom is 0.0175 e. The summed E-state index contributed by atoms with van der Waals surface area (Å²) < 4.78 is 1.18. The number of halogens is 1. The van der Waals surface area contributed by atoms with Gasteiger partial charge in [0, 0.05) is 4.47 Å². The van der Waals surface area contributed by atoms with E-state index in [1.165, 1.54) is 35.7 Å². The molecule has 1 atom stereocenters. The Balaban J connectivity index is 2.00. The van der Waals surface area contributed by atoms with Crippen LogP contribution < -0.4 is 0 Å². The normalized spacial score (nSPS) is 24.8. The number of hydrogen-bond acceptors (Lipinski definition) is 0. The Morgan fingerprint density at radius 3 is 2.43 bits per heavy atom. The molecule has 0 aromatic heterocycles. The predicted octanol–water partition coefficient (Wildman–Crippen LogP) is 4.41. The molecule has 14 heavy (non-hydrogen) atoms. The van der Waals surface area contributed by atoms with E-state index in [1.807, 2.05) is 0 Å². The first-order valence-corrected chi connectivity index (χ1v) is 6.09. The number of allylic oxidation sites excluding steroid dienone is 2. The minimum absolute atomic E-state index is 0.976. The van der Waals surface area contributed by atoms with Gasteiger partial charge in [-0.25, -0.2) is 0 Å². The number of hydrogen-bond donors (Lipinski definition) is 0. The molecule has 1 aromatic rings. The Kier molecular flexibility index (Phi) is 2.01. The van der Waals surface area contributed by atoms with E-state index >= 15 is 0 Å². The molecule has 0 aliphatic heterocycles. The van der Waals surface area contributed by atoms with Crippen molar-refractivity contribution in [3.63, 3.8) is 0 Å². The van der Waals surface area contributed by atoms with Crippen LogP contribution in [0.1, 0.15) is 31.2 Å². The molecular formula is C13H13Br. The maximum atomic E-state index is 3.48. The van der Waals surface area contributed by atoms with Gasteiger partial charge in [0.25, 0.3) is 0 Å². The van der Waals surface area contributed by atoms with Crippen LogP contribution in [0.5, 0.6) is 0 Å². The number of fused-ring (bicyclic) bond motifs is 2. The highest BCUT2D eigenvalue weighted by atomic mass is 79.9. The lowest BCUT2D eigenvalue weighted by molar-refractivity contribution is 0.582. The zero-order valence-corrected chi connectivity index (χ0v) is 9.68. The summed E-state index contributed by atoms with van der Waals surface area (Å²) >= 11 is 3.48. The molecule has 0 N–H and O–H groups in total. The second-order valence-electron chi connectivity index (χ2n) is 4.40. The quantitative estimate of drug-likeness (QED) is 0.691. The Hall–Kier alpha value is -0.560. The van der Waals surface area contributed by atoms with E-state index in [2.05, 4.69) is 40.2 Å². The zero-order valence-electron chi connectivity index (χ0n) is 8.09. The van der Waals surface area contributed by atoms with Crippen LogP contribution in [0.3, 0.4) is 0 Å². The van der Waals surface area contributed by atoms with Crippen molar-refractivity contribution >= 4 is 21.5 Å². The highest BCUT2D eigenvalue weighted by Gasteiger charge is 2.30. The van der Waals surface area contributed by atoms with Crippen molar-refractivity contribution in [2.75, 3.05) is 0 Å². The molecule has 2 aliphatic carbocycles. The third-order valence-electron chi connectivity index (χ3n) is 3.50. The molecule has 1 heteroatoms. The molecule has 1 unspecified atom stereocenters. The van der Waals surface area contributed by atoms with Gasteiger partial charge in [0.2, 0.25) is 0 Å². The predicted molar refractivity (Wildman–Crippen MR) is 63.0 cm³/mol. The van der Waals surface area contributed by atoms with E-state index in [-0.39, 0.29) is 0 Å². The van der Waals surface area contributed by atoms with Gasteiger partial charge in [0.15, 0.2) is 0 Å². The summed E-state index contributed by atoms with van der Waals surface area (Å²) in [7, 11) is 0. The van der Waals surface area contributed by atoms with Crippen LogP contribution in [-0.2, 0) is 0 Å². The fourth-order valence-corrected chi connectivity index (χ4v) is 3.05. The molecule has 0 amide bonds. The molecule has 1 fully saturated rings. The van der Waals surface area contributed by atoms with Gasteiger partial charge in [-0.15, -0.1) is 0 Å². The first kappa shape index (κ1) is 8.72. The van der Waals surface area contributed by atoms with E-state index in [0.717, 1.165) is 5.92 Å². The van der Waals surface area contributed by atoms with Gasteiger partial charge in [-0.1, -0.05) is 33.6 Å². The van der Waals surface area contributed by atoms with E-state index in [4.69, 9.17) is 0 Å². The summed E-state index contributed by atoms with van der Waals surface area (Å²) in [5.41, 5.74) is 4.83. The Morgan fingerprint density at radius 2 is 1.86 bits per heavy atom. The van der Waals surface area contributed by atoms with Crippen molar-refractivity contribution in [2.24, 2.45) is 5.92 Å². The average molecular weight is 249 g/mol. The third kappa shape index (κ3) is 1.35. The molecule has 0 heterocycles. The molecule has 0 nitrogen and oxygen atoms in total. The van der Waals surface area contributed by atoms with Crippen LogP contribution >= 0.6 is 15.9 Å². The van der Waals surface area contributed by atoms with Gasteiger partial charge in [-0.05, 0) is 54.9 Å². The van der Waals surface area contributed by atoms with Crippen LogP contribution in [0, 0.1) is 5.92 Å². The van der Waals surface area contributed by atoms with Crippen molar-refractivity contribution in [3.05, 3.63) is 39.9 Å². The molecule has 0 radical (unpaired) electrons.